The molecule has 0 saturated carbocycles. The lowest BCUT2D eigenvalue weighted by molar-refractivity contribution is 0.0775. The van der Waals surface area contributed by atoms with Gasteiger partial charge in [0.05, 0.1) is 0 Å². The number of anilines is 1. The van der Waals surface area contributed by atoms with E-state index in [9.17, 15) is 4.79 Å². The number of carbonyl (C=O) groups is 1. The number of benzene rings is 1. The summed E-state index contributed by atoms with van der Waals surface area (Å²) >= 11 is 0. The lowest BCUT2D eigenvalue weighted by atomic mass is 10.1. The van der Waals surface area contributed by atoms with Gasteiger partial charge in [0.25, 0.3) is 5.91 Å². The van der Waals surface area contributed by atoms with Crippen molar-refractivity contribution >= 4 is 11.6 Å². The Morgan fingerprint density at radius 3 is 2.94 bits per heavy atom. The molecule has 0 atom stereocenters. The van der Waals surface area contributed by atoms with Crippen LogP contribution in [0, 0.1) is 0 Å². The topological polar surface area (TPSA) is 46.3 Å². The smallest absolute Gasteiger partial charge is 0.254 e. The first kappa shape index (κ1) is 11.0. The van der Waals surface area contributed by atoms with Gasteiger partial charge >= 0.3 is 0 Å². The van der Waals surface area contributed by atoms with E-state index in [4.69, 9.17) is 5.73 Å². The molecule has 0 aliphatic carbocycles. The summed E-state index contributed by atoms with van der Waals surface area (Å²) in [7, 11) is 0. The number of amides is 1. The van der Waals surface area contributed by atoms with Crippen molar-refractivity contribution in [2.45, 2.75) is 32.7 Å². The summed E-state index contributed by atoms with van der Waals surface area (Å²) in [6.07, 6.45) is 3.45. The zero-order valence-electron chi connectivity index (χ0n) is 9.70. The standard InChI is InChI=1S/C13H18N2O/c1-2-3-4-7-15-9-10-5-6-11(14)8-12(10)13(15)16/h5-6,8H,2-4,7,9,14H2,1H3. The van der Waals surface area contributed by atoms with Gasteiger partial charge in [-0.15, -0.1) is 0 Å². The van der Waals surface area contributed by atoms with Crippen molar-refractivity contribution in [2.75, 3.05) is 12.3 Å². The molecule has 2 rings (SSSR count). The number of unbranched alkanes of at least 4 members (excludes halogenated alkanes) is 2. The number of fused-ring (bicyclic) bond motifs is 1. The van der Waals surface area contributed by atoms with Crippen LogP contribution in [0.3, 0.4) is 0 Å². The van der Waals surface area contributed by atoms with E-state index in [0.717, 1.165) is 30.6 Å². The van der Waals surface area contributed by atoms with Gasteiger partial charge in [-0.2, -0.15) is 0 Å². The molecule has 0 bridgehead atoms. The van der Waals surface area contributed by atoms with Crippen LogP contribution in [-0.4, -0.2) is 17.4 Å². The predicted octanol–water partition coefficient (Wildman–Crippen LogP) is 2.41. The first-order valence-electron chi connectivity index (χ1n) is 5.90. The monoisotopic (exact) mass is 218 g/mol. The normalized spacial score (nSPS) is 14.3. The second kappa shape index (κ2) is 4.56. The molecule has 0 saturated heterocycles. The highest BCUT2D eigenvalue weighted by Crippen LogP contribution is 2.24. The van der Waals surface area contributed by atoms with Gasteiger partial charge in [-0.25, -0.2) is 0 Å². The highest BCUT2D eigenvalue weighted by molar-refractivity contribution is 5.99. The third-order valence-corrected chi connectivity index (χ3v) is 3.04. The van der Waals surface area contributed by atoms with E-state index in [1.54, 1.807) is 6.07 Å². The predicted molar refractivity (Wildman–Crippen MR) is 65.1 cm³/mol. The largest absolute Gasteiger partial charge is 0.399 e. The fourth-order valence-electron chi connectivity index (χ4n) is 2.11. The van der Waals surface area contributed by atoms with Crippen LogP contribution in [0.5, 0.6) is 0 Å². The molecule has 0 spiro atoms. The molecule has 1 aromatic carbocycles. The first-order chi connectivity index (χ1) is 7.72. The van der Waals surface area contributed by atoms with Crippen LogP contribution in [0.4, 0.5) is 5.69 Å². The molecule has 3 nitrogen and oxygen atoms in total. The lowest BCUT2D eigenvalue weighted by Gasteiger charge is -2.14. The average molecular weight is 218 g/mol. The summed E-state index contributed by atoms with van der Waals surface area (Å²) in [6.45, 7) is 3.78. The molecule has 1 amide bonds. The fourth-order valence-corrected chi connectivity index (χ4v) is 2.11. The van der Waals surface area contributed by atoms with Crippen molar-refractivity contribution in [3.8, 4) is 0 Å². The molecule has 1 heterocycles. The second-order valence-electron chi connectivity index (χ2n) is 4.35. The van der Waals surface area contributed by atoms with Gasteiger partial charge in [0, 0.05) is 24.3 Å². The van der Waals surface area contributed by atoms with Gasteiger partial charge in [0.2, 0.25) is 0 Å². The maximum atomic E-state index is 12.0. The van der Waals surface area contributed by atoms with Crippen molar-refractivity contribution in [3.63, 3.8) is 0 Å². The van der Waals surface area contributed by atoms with E-state index in [1.807, 2.05) is 17.0 Å². The van der Waals surface area contributed by atoms with Gasteiger partial charge in [-0.3, -0.25) is 4.79 Å². The second-order valence-corrected chi connectivity index (χ2v) is 4.35. The minimum Gasteiger partial charge on any atom is -0.399 e. The Morgan fingerprint density at radius 2 is 2.19 bits per heavy atom. The Balaban J connectivity index is 2.06. The summed E-state index contributed by atoms with van der Waals surface area (Å²) in [4.78, 5) is 13.9. The summed E-state index contributed by atoms with van der Waals surface area (Å²) < 4.78 is 0. The van der Waals surface area contributed by atoms with Gasteiger partial charge < -0.3 is 10.6 Å². The molecule has 1 aliphatic heterocycles. The molecule has 2 N–H and O–H groups in total. The molecule has 1 aliphatic rings. The molecule has 3 heteroatoms. The first-order valence-corrected chi connectivity index (χ1v) is 5.90. The highest BCUT2D eigenvalue weighted by Gasteiger charge is 2.26. The maximum Gasteiger partial charge on any atom is 0.254 e. The summed E-state index contributed by atoms with van der Waals surface area (Å²) in [5, 5.41) is 0. The number of carbonyl (C=O) groups excluding carboxylic acids is 1. The number of rotatable bonds is 4. The highest BCUT2D eigenvalue weighted by atomic mass is 16.2. The molecule has 16 heavy (non-hydrogen) atoms. The van der Waals surface area contributed by atoms with Crippen LogP contribution >= 0.6 is 0 Å². The zero-order chi connectivity index (χ0) is 11.5. The number of nitrogens with two attached hydrogens (primary N) is 1. The van der Waals surface area contributed by atoms with E-state index in [-0.39, 0.29) is 5.91 Å². The number of hydrogen-bond acceptors (Lipinski definition) is 2. The SMILES string of the molecule is CCCCCN1Cc2ccc(N)cc2C1=O. The zero-order valence-corrected chi connectivity index (χ0v) is 9.70. The molecule has 0 aromatic heterocycles. The number of nitrogen functional groups attached to an aromatic ring is 1. The lowest BCUT2D eigenvalue weighted by Crippen LogP contribution is -2.24. The van der Waals surface area contributed by atoms with Gasteiger partial charge in [-0.05, 0) is 24.1 Å². The fraction of sp³-hybridized carbons (Fsp3) is 0.462. The average Bonchev–Trinajstić information content (AvgIpc) is 2.57. The van der Waals surface area contributed by atoms with E-state index in [0.29, 0.717) is 5.69 Å². The summed E-state index contributed by atoms with van der Waals surface area (Å²) in [6, 6.07) is 5.61. The van der Waals surface area contributed by atoms with Crippen LogP contribution < -0.4 is 5.73 Å². The number of nitrogens with zero attached hydrogens (tertiary/aromatic N) is 1. The Labute approximate surface area is 96.2 Å². The Kier molecular flexibility index (Phi) is 3.13. The summed E-state index contributed by atoms with van der Waals surface area (Å²) in [5.74, 6) is 0.137. The van der Waals surface area contributed by atoms with E-state index < -0.39 is 0 Å². The minimum absolute atomic E-state index is 0.137. The third-order valence-electron chi connectivity index (χ3n) is 3.04. The molecule has 86 valence electrons. The van der Waals surface area contributed by atoms with Gasteiger partial charge in [0.1, 0.15) is 0 Å². The van der Waals surface area contributed by atoms with E-state index in [2.05, 4.69) is 6.92 Å². The minimum atomic E-state index is 0.137. The van der Waals surface area contributed by atoms with Crippen molar-refractivity contribution < 1.29 is 4.79 Å². The van der Waals surface area contributed by atoms with E-state index in [1.165, 1.54) is 12.8 Å². The molecule has 1 aromatic rings. The summed E-state index contributed by atoms with van der Waals surface area (Å²) in [5.41, 5.74) is 8.25. The van der Waals surface area contributed by atoms with Crippen LogP contribution in [0.1, 0.15) is 42.1 Å². The van der Waals surface area contributed by atoms with Crippen LogP contribution in [0.2, 0.25) is 0 Å². The van der Waals surface area contributed by atoms with Crippen molar-refractivity contribution in [3.05, 3.63) is 29.3 Å². The maximum absolute atomic E-state index is 12.0. The molecular weight excluding hydrogens is 200 g/mol. The van der Waals surface area contributed by atoms with Gasteiger partial charge in [0.15, 0.2) is 0 Å². The molecular formula is C13H18N2O. The molecule has 0 unspecified atom stereocenters. The van der Waals surface area contributed by atoms with Crippen LogP contribution in [0.15, 0.2) is 18.2 Å². The van der Waals surface area contributed by atoms with E-state index >= 15 is 0 Å². The van der Waals surface area contributed by atoms with Crippen molar-refractivity contribution in [1.29, 1.82) is 0 Å². The van der Waals surface area contributed by atoms with Crippen LogP contribution in [0.25, 0.3) is 0 Å². The Morgan fingerprint density at radius 1 is 1.38 bits per heavy atom. The third kappa shape index (κ3) is 2.03. The number of hydrogen-bond donors (Lipinski definition) is 1. The molecule has 0 fully saturated rings. The Bertz CT molecular complexity index is 401. The molecule has 0 radical (unpaired) electrons. The van der Waals surface area contributed by atoms with Crippen molar-refractivity contribution in [2.24, 2.45) is 0 Å². The van der Waals surface area contributed by atoms with Crippen molar-refractivity contribution in [1.82, 2.24) is 4.90 Å². The van der Waals surface area contributed by atoms with Crippen LogP contribution in [-0.2, 0) is 6.54 Å². The quantitative estimate of drug-likeness (QED) is 0.623. The Hall–Kier alpha value is -1.51. The van der Waals surface area contributed by atoms with Gasteiger partial charge in [-0.1, -0.05) is 25.8 Å².